The Morgan fingerprint density at radius 3 is 2.52 bits per heavy atom. The summed E-state index contributed by atoms with van der Waals surface area (Å²) in [6, 6.07) is 8.77. The van der Waals surface area contributed by atoms with E-state index >= 15 is 0 Å². The first-order valence-electron chi connectivity index (χ1n) is 5.52. The van der Waals surface area contributed by atoms with Gasteiger partial charge in [0.2, 0.25) is 0 Å². The number of nitro groups is 1. The van der Waals surface area contributed by atoms with E-state index in [9.17, 15) is 22.9 Å². The van der Waals surface area contributed by atoms with Crippen molar-refractivity contribution in [2.75, 3.05) is 4.72 Å². The minimum Gasteiger partial charge on any atom is -0.279 e. The summed E-state index contributed by atoms with van der Waals surface area (Å²) in [6.45, 7) is 0. The molecule has 0 saturated carbocycles. The van der Waals surface area contributed by atoms with Gasteiger partial charge >= 0.3 is 0 Å². The Balaban J connectivity index is 2.47. The Kier molecular flexibility index (Phi) is 4.42. The lowest BCUT2D eigenvalue weighted by Crippen LogP contribution is -2.15. The maximum absolute atomic E-state index is 13.1. The Morgan fingerprint density at radius 1 is 1.19 bits per heavy atom. The molecule has 0 radical (unpaired) electrons. The summed E-state index contributed by atoms with van der Waals surface area (Å²) in [7, 11) is -4.18. The molecule has 21 heavy (non-hydrogen) atoms. The zero-order chi connectivity index (χ0) is 15.6. The van der Waals surface area contributed by atoms with Gasteiger partial charge in [-0.05, 0) is 52.9 Å². The maximum Gasteiger partial charge on any atom is 0.292 e. The second-order valence-electron chi connectivity index (χ2n) is 3.99. The number of anilines is 1. The highest BCUT2D eigenvalue weighted by atomic mass is 127. The number of hydrogen-bond donors (Lipinski definition) is 1. The summed E-state index contributed by atoms with van der Waals surface area (Å²) in [5.74, 6) is -0.880. The van der Waals surface area contributed by atoms with Crippen LogP contribution in [0.5, 0.6) is 0 Å². The molecular weight excluding hydrogens is 414 g/mol. The molecule has 0 bridgehead atoms. The fraction of sp³-hybridized carbons (Fsp3) is 0. The molecule has 0 spiro atoms. The van der Waals surface area contributed by atoms with Crippen LogP contribution in [0.3, 0.4) is 0 Å². The van der Waals surface area contributed by atoms with Gasteiger partial charge in [0.1, 0.15) is 5.82 Å². The Hall–Kier alpha value is -1.75. The van der Waals surface area contributed by atoms with Crippen LogP contribution in [-0.4, -0.2) is 13.3 Å². The van der Waals surface area contributed by atoms with E-state index in [2.05, 4.69) is 4.72 Å². The van der Waals surface area contributed by atoms with Crippen molar-refractivity contribution in [3.8, 4) is 0 Å². The molecule has 0 aromatic heterocycles. The van der Waals surface area contributed by atoms with Gasteiger partial charge in [0, 0.05) is 9.26 Å². The van der Waals surface area contributed by atoms with Crippen LogP contribution in [-0.2, 0) is 10.0 Å². The van der Waals surface area contributed by atoms with Crippen molar-refractivity contribution in [2.24, 2.45) is 0 Å². The first kappa shape index (κ1) is 15.6. The summed E-state index contributed by atoms with van der Waals surface area (Å²) in [4.78, 5) is 9.34. The smallest absolute Gasteiger partial charge is 0.279 e. The molecule has 0 unspecified atom stereocenters. The van der Waals surface area contributed by atoms with E-state index in [1.165, 1.54) is 6.07 Å². The van der Waals surface area contributed by atoms with Crippen molar-refractivity contribution in [2.45, 2.75) is 4.90 Å². The number of nitro benzene ring substituents is 1. The monoisotopic (exact) mass is 422 g/mol. The quantitative estimate of drug-likeness (QED) is 0.466. The minimum atomic E-state index is -4.18. The van der Waals surface area contributed by atoms with Crippen LogP contribution in [0.1, 0.15) is 0 Å². The number of hydrogen-bond acceptors (Lipinski definition) is 4. The van der Waals surface area contributed by atoms with E-state index in [4.69, 9.17) is 0 Å². The molecule has 1 N–H and O–H groups in total. The minimum absolute atomic E-state index is 0.264. The summed E-state index contributed by atoms with van der Waals surface area (Å²) in [6.07, 6.45) is 0. The van der Waals surface area contributed by atoms with Crippen LogP contribution >= 0.6 is 22.6 Å². The van der Waals surface area contributed by atoms with Crippen LogP contribution < -0.4 is 4.72 Å². The molecule has 0 aliphatic heterocycles. The Bertz CT molecular complexity index is 811. The van der Waals surface area contributed by atoms with E-state index in [1.54, 1.807) is 18.2 Å². The Labute approximate surface area is 133 Å². The lowest BCUT2D eigenvalue weighted by atomic mass is 10.3. The van der Waals surface area contributed by atoms with Gasteiger partial charge in [0.25, 0.3) is 15.7 Å². The van der Waals surface area contributed by atoms with Gasteiger partial charge in [0.05, 0.1) is 11.0 Å². The molecular formula is C12H8FIN2O4S. The fourth-order valence-corrected chi connectivity index (χ4v) is 3.37. The molecule has 0 fully saturated rings. The summed E-state index contributed by atoms with van der Waals surface area (Å²) >= 11 is 2.00. The summed E-state index contributed by atoms with van der Waals surface area (Å²) in [5.41, 5.74) is -0.548. The van der Waals surface area contributed by atoms with Gasteiger partial charge in [-0.15, -0.1) is 0 Å². The summed E-state index contributed by atoms with van der Waals surface area (Å²) < 4.78 is 40.5. The highest BCUT2D eigenvalue weighted by molar-refractivity contribution is 14.1. The third-order valence-corrected chi connectivity index (χ3v) is 4.58. The standard InChI is InChI=1S/C12H8FIN2O4S/c13-8-4-5-12(11(6-8)16(17)18)21(19,20)15-10-3-1-2-9(14)7-10/h1-7,15H. The van der Waals surface area contributed by atoms with Gasteiger partial charge in [-0.3, -0.25) is 14.8 Å². The average molecular weight is 422 g/mol. The van der Waals surface area contributed by atoms with Gasteiger partial charge in [-0.2, -0.15) is 0 Å². The number of benzene rings is 2. The van der Waals surface area contributed by atoms with Crippen LogP contribution in [0, 0.1) is 19.5 Å². The first-order chi connectivity index (χ1) is 9.79. The van der Waals surface area contributed by atoms with Crippen LogP contribution in [0.2, 0.25) is 0 Å². The molecule has 0 aliphatic carbocycles. The maximum atomic E-state index is 13.1. The lowest BCUT2D eigenvalue weighted by molar-refractivity contribution is -0.388. The largest absolute Gasteiger partial charge is 0.292 e. The predicted octanol–water partition coefficient (Wildman–Crippen LogP) is 3.14. The first-order valence-corrected chi connectivity index (χ1v) is 8.08. The highest BCUT2D eigenvalue weighted by Gasteiger charge is 2.26. The van der Waals surface area contributed by atoms with E-state index in [0.29, 0.717) is 6.07 Å². The van der Waals surface area contributed by atoms with Crippen molar-refractivity contribution in [3.05, 3.63) is 62.0 Å². The normalized spacial score (nSPS) is 11.1. The molecule has 2 aromatic rings. The number of halogens is 2. The van der Waals surface area contributed by atoms with Crippen LogP contribution in [0.15, 0.2) is 47.4 Å². The third-order valence-electron chi connectivity index (χ3n) is 2.48. The highest BCUT2D eigenvalue weighted by Crippen LogP contribution is 2.26. The number of rotatable bonds is 4. The SMILES string of the molecule is O=[N+]([O-])c1cc(F)ccc1S(=O)(=O)Nc1cccc(I)c1. The van der Waals surface area contributed by atoms with Crippen LogP contribution in [0.25, 0.3) is 0 Å². The Morgan fingerprint density at radius 2 is 1.90 bits per heavy atom. The van der Waals surface area contributed by atoms with E-state index in [1.807, 2.05) is 22.6 Å². The topological polar surface area (TPSA) is 89.3 Å². The molecule has 0 atom stereocenters. The van der Waals surface area contributed by atoms with E-state index in [-0.39, 0.29) is 5.69 Å². The number of nitrogens with zero attached hydrogens (tertiary/aromatic N) is 1. The number of sulfonamides is 1. The molecule has 6 nitrogen and oxygen atoms in total. The fourth-order valence-electron chi connectivity index (χ4n) is 1.62. The van der Waals surface area contributed by atoms with Gasteiger partial charge in [0.15, 0.2) is 4.90 Å². The van der Waals surface area contributed by atoms with E-state index in [0.717, 1.165) is 15.7 Å². The summed E-state index contributed by atoms with van der Waals surface area (Å²) in [5, 5.41) is 10.9. The molecule has 2 aromatic carbocycles. The zero-order valence-corrected chi connectivity index (χ0v) is 13.3. The van der Waals surface area contributed by atoms with Gasteiger partial charge in [-0.1, -0.05) is 6.07 Å². The predicted molar refractivity (Wildman–Crippen MR) is 83.0 cm³/mol. The van der Waals surface area contributed by atoms with Gasteiger partial charge < -0.3 is 0 Å². The van der Waals surface area contributed by atoms with Crippen molar-refractivity contribution in [3.63, 3.8) is 0 Å². The average Bonchev–Trinajstić information content (AvgIpc) is 2.37. The second-order valence-corrected chi connectivity index (χ2v) is 6.88. The van der Waals surface area contributed by atoms with Gasteiger partial charge in [-0.25, -0.2) is 12.8 Å². The molecule has 9 heteroatoms. The molecule has 2 rings (SSSR count). The van der Waals surface area contributed by atoms with Crippen molar-refractivity contribution < 1.29 is 17.7 Å². The van der Waals surface area contributed by atoms with E-state index < -0.39 is 31.3 Å². The molecule has 0 aliphatic rings. The third kappa shape index (κ3) is 3.67. The zero-order valence-electron chi connectivity index (χ0n) is 10.3. The number of nitrogens with one attached hydrogen (secondary N) is 1. The molecule has 0 amide bonds. The second kappa shape index (κ2) is 5.93. The molecule has 0 saturated heterocycles. The van der Waals surface area contributed by atoms with Crippen molar-refractivity contribution in [1.29, 1.82) is 0 Å². The molecule has 110 valence electrons. The molecule has 0 heterocycles. The lowest BCUT2D eigenvalue weighted by Gasteiger charge is -2.08. The van der Waals surface area contributed by atoms with Crippen molar-refractivity contribution >= 4 is 44.0 Å². The van der Waals surface area contributed by atoms with Crippen LogP contribution in [0.4, 0.5) is 15.8 Å². The van der Waals surface area contributed by atoms with Crippen molar-refractivity contribution in [1.82, 2.24) is 0 Å².